The van der Waals surface area contributed by atoms with E-state index in [1.165, 1.54) is 13.2 Å². The number of methoxy groups -OCH3 is 3. The van der Waals surface area contributed by atoms with Gasteiger partial charge in [0.25, 0.3) is 0 Å². The molecule has 0 bridgehead atoms. The van der Waals surface area contributed by atoms with E-state index in [-0.39, 0.29) is 5.82 Å². The summed E-state index contributed by atoms with van der Waals surface area (Å²) in [6.07, 6.45) is 0. The van der Waals surface area contributed by atoms with Gasteiger partial charge in [0.1, 0.15) is 23.1 Å². The van der Waals surface area contributed by atoms with E-state index in [4.69, 9.17) is 14.2 Å². The van der Waals surface area contributed by atoms with E-state index in [9.17, 15) is 4.39 Å². The molecule has 0 unspecified atom stereocenters. The summed E-state index contributed by atoms with van der Waals surface area (Å²) in [5, 5.41) is 0. The first kappa shape index (κ1) is 14.2. The van der Waals surface area contributed by atoms with Crippen LogP contribution in [0.15, 0.2) is 30.3 Å². The standard InChI is InChI=1S/C16H17FO3/c1-10-7-12(19-3)8-14(16(10)20-4)13-6-5-11(18-2)9-15(13)17/h5-9H,1-4H3. The van der Waals surface area contributed by atoms with Crippen molar-refractivity contribution in [1.82, 2.24) is 0 Å². The molecule has 0 fully saturated rings. The number of ether oxygens (including phenoxy) is 3. The van der Waals surface area contributed by atoms with Gasteiger partial charge in [-0.25, -0.2) is 4.39 Å². The lowest BCUT2D eigenvalue weighted by atomic mass is 10.0. The van der Waals surface area contributed by atoms with Gasteiger partial charge in [-0.3, -0.25) is 0 Å². The average molecular weight is 276 g/mol. The molecule has 106 valence electrons. The van der Waals surface area contributed by atoms with Crippen LogP contribution in [0.3, 0.4) is 0 Å². The molecule has 0 saturated heterocycles. The SMILES string of the molecule is COc1ccc(-c2cc(OC)cc(C)c2OC)c(F)c1. The summed E-state index contributed by atoms with van der Waals surface area (Å²) in [6, 6.07) is 8.35. The highest BCUT2D eigenvalue weighted by Gasteiger charge is 2.15. The summed E-state index contributed by atoms with van der Waals surface area (Å²) in [5.41, 5.74) is 1.99. The number of rotatable bonds is 4. The third-order valence-electron chi connectivity index (χ3n) is 3.15. The van der Waals surface area contributed by atoms with E-state index < -0.39 is 0 Å². The van der Waals surface area contributed by atoms with E-state index >= 15 is 0 Å². The number of hydrogen-bond acceptors (Lipinski definition) is 3. The first-order valence-corrected chi connectivity index (χ1v) is 6.17. The number of hydrogen-bond donors (Lipinski definition) is 0. The molecule has 2 aromatic carbocycles. The molecule has 0 amide bonds. The second-order valence-electron chi connectivity index (χ2n) is 4.37. The van der Waals surface area contributed by atoms with Gasteiger partial charge in [0.15, 0.2) is 0 Å². The average Bonchev–Trinajstić information content (AvgIpc) is 2.46. The fourth-order valence-electron chi connectivity index (χ4n) is 2.17. The van der Waals surface area contributed by atoms with Crippen LogP contribution in [0.5, 0.6) is 17.2 Å². The molecule has 0 aliphatic carbocycles. The Morgan fingerprint density at radius 3 is 2.05 bits per heavy atom. The maximum Gasteiger partial charge on any atom is 0.134 e. The highest BCUT2D eigenvalue weighted by Crippen LogP contribution is 2.38. The maximum absolute atomic E-state index is 14.2. The van der Waals surface area contributed by atoms with Crippen LogP contribution in [0.2, 0.25) is 0 Å². The Balaban J connectivity index is 2.64. The van der Waals surface area contributed by atoms with Gasteiger partial charge in [0.2, 0.25) is 0 Å². The van der Waals surface area contributed by atoms with Gasteiger partial charge in [-0.05, 0) is 36.8 Å². The van der Waals surface area contributed by atoms with Crippen LogP contribution in [0.4, 0.5) is 4.39 Å². The maximum atomic E-state index is 14.2. The largest absolute Gasteiger partial charge is 0.497 e. The van der Waals surface area contributed by atoms with Crippen LogP contribution in [0, 0.1) is 12.7 Å². The summed E-state index contributed by atoms with van der Waals surface area (Å²) in [7, 11) is 4.65. The molecular weight excluding hydrogens is 259 g/mol. The van der Waals surface area contributed by atoms with Gasteiger partial charge in [-0.15, -0.1) is 0 Å². The van der Waals surface area contributed by atoms with Gasteiger partial charge in [0, 0.05) is 17.2 Å². The lowest BCUT2D eigenvalue weighted by molar-refractivity contribution is 0.401. The van der Waals surface area contributed by atoms with Crippen molar-refractivity contribution in [1.29, 1.82) is 0 Å². The van der Waals surface area contributed by atoms with Crippen LogP contribution in [0.1, 0.15) is 5.56 Å². The Morgan fingerprint density at radius 2 is 1.50 bits per heavy atom. The molecule has 0 radical (unpaired) electrons. The van der Waals surface area contributed by atoms with Crippen molar-refractivity contribution in [2.75, 3.05) is 21.3 Å². The molecule has 2 aromatic rings. The monoisotopic (exact) mass is 276 g/mol. The van der Waals surface area contributed by atoms with Gasteiger partial charge in [-0.1, -0.05) is 0 Å². The quantitative estimate of drug-likeness (QED) is 0.849. The molecule has 4 heteroatoms. The van der Waals surface area contributed by atoms with Crippen molar-refractivity contribution < 1.29 is 18.6 Å². The van der Waals surface area contributed by atoms with Crippen LogP contribution in [-0.2, 0) is 0 Å². The molecule has 20 heavy (non-hydrogen) atoms. The van der Waals surface area contributed by atoms with Crippen LogP contribution >= 0.6 is 0 Å². The minimum Gasteiger partial charge on any atom is -0.497 e. The molecule has 0 atom stereocenters. The molecule has 0 aliphatic rings. The smallest absolute Gasteiger partial charge is 0.134 e. The predicted octanol–water partition coefficient (Wildman–Crippen LogP) is 3.83. The van der Waals surface area contributed by atoms with Crippen molar-refractivity contribution in [3.8, 4) is 28.4 Å². The molecular formula is C16H17FO3. The van der Waals surface area contributed by atoms with E-state index in [1.54, 1.807) is 32.4 Å². The van der Waals surface area contributed by atoms with Crippen molar-refractivity contribution in [3.63, 3.8) is 0 Å². The summed E-state index contributed by atoms with van der Waals surface area (Å²) >= 11 is 0. The summed E-state index contributed by atoms with van der Waals surface area (Å²) in [4.78, 5) is 0. The van der Waals surface area contributed by atoms with E-state index in [0.717, 1.165) is 5.56 Å². The molecule has 2 rings (SSSR count). The third kappa shape index (κ3) is 2.54. The molecule has 3 nitrogen and oxygen atoms in total. The molecule has 0 spiro atoms. The van der Waals surface area contributed by atoms with Crippen LogP contribution in [-0.4, -0.2) is 21.3 Å². The second-order valence-corrected chi connectivity index (χ2v) is 4.37. The van der Waals surface area contributed by atoms with Crippen molar-refractivity contribution in [2.45, 2.75) is 6.92 Å². The van der Waals surface area contributed by atoms with Gasteiger partial charge in [0.05, 0.1) is 21.3 Å². The topological polar surface area (TPSA) is 27.7 Å². The third-order valence-corrected chi connectivity index (χ3v) is 3.15. The summed E-state index contributed by atoms with van der Waals surface area (Å²) in [6.45, 7) is 1.90. The van der Waals surface area contributed by atoms with Gasteiger partial charge < -0.3 is 14.2 Å². The minimum atomic E-state index is -0.365. The fourth-order valence-corrected chi connectivity index (χ4v) is 2.17. The lowest BCUT2D eigenvalue weighted by Crippen LogP contribution is -1.96. The normalized spacial score (nSPS) is 10.2. The Morgan fingerprint density at radius 1 is 0.800 bits per heavy atom. The van der Waals surface area contributed by atoms with Crippen molar-refractivity contribution in [2.24, 2.45) is 0 Å². The Bertz CT molecular complexity index is 623. The number of halogens is 1. The zero-order valence-corrected chi connectivity index (χ0v) is 12.0. The molecule has 0 aliphatic heterocycles. The number of aryl methyl sites for hydroxylation is 1. The van der Waals surface area contributed by atoms with Crippen LogP contribution < -0.4 is 14.2 Å². The highest BCUT2D eigenvalue weighted by molar-refractivity contribution is 5.75. The molecule has 0 aromatic heterocycles. The molecule has 0 saturated carbocycles. The summed E-state index contributed by atoms with van der Waals surface area (Å²) < 4.78 is 29.9. The van der Waals surface area contributed by atoms with E-state index in [2.05, 4.69) is 0 Å². The zero-order chi connectivity index (χ0) is 14.7. The fraction of sp³-hybridized carbons (Fsp3) is 0.250. The lowest BCUT2D eigenvalue weighted by Gasteiger charge is -2.14. The van der Waals surface area contributed by atoms with Gasteiger partial charge >= 0.3 is 0 Å². The van der Waals surface area contributed by atoms with Crippen molar-refractivity contribution in [3.05, 3.63) is 41.7 Å². The van der Waals surface area contributed by atoms with Crippen molar-refractivity contribution >= 4 is 0 Å². The zero-order valence-electron chi connectivity index (χ0n) is 12.0. The van der Waals surface area contributed by atoms with E-state index in [0.29, 0.717) is 28.4 Å². The highest BCUT2D eigenvalue weighted by atomic mass is 19.1. The van der Waals surface area contributed by atoms with Crippen LogP contribution in [0.25, 0.3) is 11.1 Å². The Labute approximate surface area is 117 Å². The predicted molar refractivity (Wildman–Crippen MR) is 76.2 cm³/mol. The second kappa shape index (κ2) is 5.82. The Kier molecular flexibility index (Phi) is 4.13. The molecule has 0 heterocycles. The van der Waals surface area contributed by atoms with E-state index in [1.807, 2.05) is 13.0 Å². The van der Waals surface area contributed by atoms with Gasteiger partial charge in [-0.2, -0.15) is 0 Å². The summed E-state index contributed by atoms with van der Waals surface area (Å²) in [5.74, 6) is 1.41. The minimum absolute atomic E-state index is 0.365. The first-order chi connectivity index (χ1) is 9.60. The first-order valence-electron chi connectivity index (χ1n) is 6.17. The Hall–Kier alpha value is -2.23. The molecule has 0 N–H and O–H groups in total. The number of benzene rings is 2.